The molecule has 0 aliphatic carbocycles. The SMILES string of the molecule is CC(=O)c1ccc(F)c(CNc2c(Cl)c(C)nc3ccc(-c4ccc(C(C)(C)O)cc4)cc23)c1. The van der Waals surface area contributed by atoms with Crippen molar-refractivity contribution < 1.29 is 14.3 Å². The number of carbonyl (C=O) groups excluding carboxylic acids is 1. The normalized spacial score (nSPS) is 11.6. The van der Waals surface area contributed by atoms with Gasteiger partial charge in [-0.05, 0) is 74.7 Å². The minimum atomic E-state index is -0.914. The van der Waals surface area contributed by atoms with Gasteiger partial charge in [-0.1, -0.05) is 41.9 Å². The molecule has 0 unspecified atom stereocenters. The van der Waals surface area contributed by atoms with Crippen molar-refractivity contribution in [1.29, 1.82) is 0 Å². The van der Waals surface area contributed by atoms with Crippen molar-refractivity contribution in [3.63, 3.8) is 0 Å². The van der Waals surface area contributed by atoms with Crippen LogP contribution in [0.2, 0.25) is 5.02 Å². The first-order valence-corrected chi connectivity index (χ1v) is 11.4. The minimum Gasteiger partial charge on any atom is -0.386 e. The molecule has 0 saturated heterocycles. The van der Waals surface area contributed by atoms with Crippen molar-refractivity contribution in [2.45, 2.75) is 39.8 Å². The number of hydrogen-bond acceptors (Lipinski definition) is 4. The van der Waals surface area contributed by atoms with Crippen molar-refractivity contribution in [3.05, 3.63) is 93.9 Å². The monoisotopic (exact) mass is 476 g/mol. The molecule has 1 aromatic heterocycles. The summed E-state index contributed by atoms with van der Waals surface area (Å²) in [6, 6.07) is 18.0. The highest BCUT2D eigenvalue weighted by Crippen LogP contribution is 2.36. The van der Waals surface area contributed by atoms with Gasteiger partial charge in [0.1, 0.15) is 5.82 Å². The second-order valence-corrected chi connectivity index (χ2v) is 9.35. The number of nitrogens with one attached hydrogen (secondary N) is 1. The lowest BCUT2D eigenvalue weighted by atomic mass is 9.95. The molecule has 4 aromatic rings. The van der Waals surface area contributed by atoms with E-state index in [9.17, 15) is 14.3 Å². The molecule has 2 N–H and O–H groups in total. The third-order valence-corrected chi connectivity index (χ3v) is 6.39. The van der Waals surface area contributed by atoms with E-state index in [0.717, 1.165) is 27.6 Å². The van der Waals surface area contributed by atoms with Crippen LogP contribution < -0.4 is 5.32 Å². The van der Waals surface area contributed by atoms with E-state index in [1.165, 1.54) is 19.1 Å². The Labute approximate surface area is 203 Å². The fraction of sp³-hybridized carbons (Fsp3) is 0.214. The summed E-state index contributed by atoms with van der Waals surface area (Å²) in [5.41, 5.74) is 4.78. The quantitative estimate of drug-likeness (QED) is 0.293. The Morgan fingerprint density at radius 3 is 2.38 bits per heavy atom. The number of carbonyl (C=O) groups is 1. The fourth-order valence-electron chi connectivity index (χ4n) is 3.90. The van der Waals surface area contributed by atoms with Gasteiger partial charge in [0, 0.05) is 23.1 Å². The van der Waals surface area contributed by atoms with Crippen LogP contribution in [0, 0.1) is 12.7 Å². The Hall–Kier alpha value is -3.28. The highest BCUT2D eigenvalue weighted by atomic mass is 35.5. The number of benzene rings is 3. The third kappa shape index (κ3) is 4.81. The van der Waals surface area contributed by atoms with Gasteiger partial charge in [0.05, 0.1) is 27.5 Å². The number of halogens is 2. The zero-order valence-corrected chi connectivity index (χ0v) is 20.3. The van der Waals surface area contributed by atoms with E-state index in [-0.39, 0.29) is 12.3 Å². The summed E-state index contributed by atoms with van der Waals surface area (Å²) in [6.45, 7) is 6.95. The Kier molecular flexibility index (Phi) is 6.43. The number of fused-ring (bicyclic) bond motifs is 1. The van der Waals surface area contributed by atoms with Gasteiger partial charge in [0.15, 0.2) is 5.78 Å². The summed E-state index contributed by atoms with van der Waals surface area (Å²) in [4.78, 5) is 16.3. The number of Topliss-reactive ketones (excluding diaryl/α,β-unsaturated/α-hetero) is 1. The molecule has 34 heavy (non-hydrogen) atoms. The minimum absolute atomic E-state index is 0.121. The van der Waals surface area contributed by atoms with Crippen LogP contribution in [-0.2, 0) is 12.1 Å². The third-order valence-electron chi connectivity index (χ3n) is 5.92. The lowest BCUT2D eigenvalue weighted by Gasteiger charge is -2.18. The maximum atomic E-state index is 14.4. The summed E-state index contributed by atoms with van der Waals surface area (Å²) in [6.07, 6.45) is 0. The molecular formula is C28H26ClFN2O2. The van der Waals surface area contributed by atoms with Gasteiger partial charge in [-0.3, -0.25) is 9.78 Å². The second-order valence-electron chi connectivity index (χ2n) is 8.97. The number of hydrogen-bond donors (Lipinski definition) is 2. The molecular weight excluding hydrogens is 451 g/mol. The molecule has 3 aromatic carbocycles. The number of rotatable bonds is 6. The molecule has 0 bridgehead atoms. The average molecular weight is 477 g/mol. The fourth-order valence-corrected chi connectivity index (χ4v) is 4.11. The summed E-state index contributed by atoms with van der Waals surface area (Å²) < 4.78 is 14.4. The van der Waals surface area contributed by atoms with Gasteiger partial charge in [0.2, 0.25) is 0 Å². The van der Waals surface area contributed by atoms with Crippen LogP contribution in [-0.4, -0.2) is 15.9 Å². The van der Waals surface area contributed by atoms with Gasteiger partial charge in [0.25, 0.3) is 0 Å². The number of ketones is 1. The van der Waals surface area contributed by atoms with Gasteiger partial charge in [-0.15, -0.1) is 0 Å². The number of aryl methyl sites for hydroxylation is 1. The molecule has 0 radical (unpaired) electrons. The van der Waals surface area contributed by atoms with E-state index in [4.69, 9.17) is 11.6 Å². The van der Waals surface area contributed by atoms with Crippen LogP contribution in [0.25, 0.3) is 22.0 Å². The van der Waals surface area contributed by atoms with Crippen LogP contribution in [0.5, 0.6) is 0 Å². The number of aliphatic hydroxyl groups is 1. The van der Waals surface area contributed by atoms with Crippen molar-refractivity contribution >= 4 is 34.0 Å². The predicted molar refractivity (Wildman–Crippen MR) is 136 cm³/mol. The summed E-state index contributed by atoms with van der Waals surface area (Å²) in [5.74, 6) is -0.513. The van der Waals surface area contributed by atoms with Crippen LogP contribution in [0.3, 0.4) is 0 Å². The average Bonchev–Trinajstić information content (AvgIpc) is 2.79. The number of nitrogens with zero attached hydrogens (tertiary/aromatic N) is 1. The molecule has 0 atom stereocenters. The smallest absolute Gasteiger partial charge is 0.159 e. The first kappa shape index (κ1) is 23.9. The van der Waals surface area contributed by atoms with E-state index in [1.54, 1.807) is 19.9 Å². The van der Waals surface area contributed by atoms with Gasteiger partial charge in [-0.2, -0.15) is 0 Å². The maximum absolute atomic E-state index is 14.4. The molecule has 0 spiro atoms. The lowest BCUT2D eigenvalue weighted by molar-refractivity contribution is 0.0786. The van der Waals surface area contributed by atoms with Crippen LogP contribution in [0.15, 0.2) is 60.7 Å². The standard InChI is InChI=1S/C28H26ClFN2O2/c1-16-26(29)27(31-15-21-13-19(17(2)33)7-11-24(21)30)23-14-20(8-12-25(23)32-16)18-5-9-22(10-6-18)28(3,4)34/h5-14,34H,15H2,1-4H3,(H,31,32). The van der Waals surface area contributed by atoms with Gasteiger partial charge >= 0.3 is 0 Å². The van der Waals surface area contributed by atoms with E-state index in [1.807, 2.05) is 49.4 Å². The molecule has 4 rings (SSSR count). The second kappa shape index (κ2) is 9.16. The van der Waals surface area contributed by atoms with E-state index in [2.05, 4.69) is 10.3 Å². The van der Waals surface area contributed by atoms with Gasteiger partial charge < -0.3 is 10.4 Å². The van der Waals surface area contributed by atoms with Gasteiger partial charge in [-0.25, -0.2) is 4.39 Å². The van der Waals surface area contributed by atoms with Crippen molar-refractivity contribution in [1.82, 2.24) is 4.98 Å². The molecule has 0 amide bonds. The first-order valence-electron chi connectivity index (χ1n) is 11.0. The summed E-state index contributed by atoms with van der Waals surface area (Å²) >= 11 is 6.63. The van der Waals surface area contributed by atoms with Crippen molar-refractivity contribution in [3.8, 4) is 11.1 Å². The zero-order chi connectivity index (χ0) is 24.6. The number of aromatic nitrogens is 1. The Morgan fingerprint density at radius 1 is 1.06 bits per heavy atom. The highest BCUT2D eigenvalue weighted by Gasteiger charge is 2.17. The largest absolute Gasteiger partial charge is 0.386 e. The Morgan fingerprint density at radius 2 is 1.74 bits per heavy atom. The van der Waals surface area contributed by atoms with Crippen LogP contribution >= 0.6 is 11.6 Å². The molecule has 0 saturated carbocycles. The molecule has 0 fully saturated rings. The zero-order valence-electron chi connectivity index (χ0n) is 19.5. The molecule has 0 aliphatic rings. The van der Waals surface area contributed by atoms with E-state index in [0.29, 0.717) is 27.5 Å². The van der Waals surface area contributed by atoms with Crippen molar-refractivity contribution in [2.75, 3.05) is 5.32 Å². The highest BCUT2D eigenvalue weighted by molar-refractivity contribution is 6.35. The molecule has 1 heterocycles. The van der Waals surface area contributed by atoms with Crippen LogP contribution in [0.4, 0.5) is 10.1 Å². The predicted octanol–water partition coefficient (Wildman–Crippen LogP) is 7.04. The number of anilines is 1. The Balaban J connectivity index is 1.74. The maximum Gasteiger partial charge on any atom is 0.159 e. The van der Waals surface area contributed by atoms with E-state index < -0.39 is 11.4 Å². The first-order chi connectivity index (χ1) is 16.0. The molecule has 6 heteroatoms. The van der Waals surface area contributed by atoms with Crippen molar-refractivity contribution in [2.24, 2.45) is 0 Å². The topological polar surface area (TPSA) is 62.2 Å². The summed E-state index contributed by atoms with van der Waals surface area (Å²) in [5, 5.41) is 14.8. The molecule has 4 nitrogen and oxygen atoms in total. The Bertz CT molecular complexity index is 1390. The van der Waals surface area contributed by atoms with Crippen LogP contribution in [0.1, 0.15) is 48.0 Å². The summed E-state index contributed by atoms with van der Waals surface area (Å²) in [7, 11) is 0. The molecule has 174 valence electrons. The molecule has 0 aliphatic heterocycles. The lowest BCUT2D eigenvalue weighted by Crippen LogP contribution is -2.14. The number of pyridine rings is 1. The van der Waals surface area contributed by atoms with E-state index >= 15 is 0 Å².